The largest absolute Gasteiger partial charge is 0.478 e. The molecule has 1 aromatic heterocycles. The van der Waals surface area contributed by atoms with Crippen molar-refractivity contribution in [1.82, 2.24) is 15.3 Å². The lowest BCUT2D eigenvalue weighted by Gasteiger charge is -2.08. The molecule has 0 amide bonds. The maximum atomic E-state index is 5.44. The van der Waals surface area contributed by atoms with Crippen LogP contribution < -0.4 is 15.4 Å². The Morgan fingerprint density at radius 2 is 2.24 bits per heavy atom. The van der Waals surface area contributed by atoms with Crippen LogP contribution in [0.15, 0.2) is 12.4 Å². The molecule has 0 atom stereocenters. The van der Waals surface area contributed by atoms with Crippen molar-refractivity contribution in [2.75, 3.05) is 25.0 Å². The van der Waals surface area contributed by atoms with Gasteiger partial charge in [0.2, 0.25) is 5.88 Å². The van der Waals surface area contributed by atoms with E-state index >= 15 is 0 Å². The summed E-state index contributed by atoms with van der Waals surface area (Å²) in [6.45, 7) is 4.62. The van der Waals surface area contributed by atoms with Crippen LogP contribution in [0.5, 0.6) is 5.88 Å². The molecule has 1 aliphatic rings. The number of hydrogen-bond acceptors (Lipinski definition) is 5. The lowest BCUT2D eigenvalue weighted by Crippen LogP contribution is -2.24. The molecule has 0 spiro atoms. The van der Waals surface area contributed by atoms with Crippen molar-refractivity contribution in [2.24, 2.45) is 0 Å². The van der Waals surface area contributed by atoms with E-state index in [-0.39, 0.29) is 0 Å². The average Bonchev–Trinajstić information content (AvgIpc) is 3.17. The first kappa shape index (κ1) is 12.1. The van der Waals surface area contributed by atoms with Crippen LogP contribution in [0.25, 0.3) is 0 Å². The standard InChI is InChI=1S/C12H20N4O/c1-2-7-17-12-8-11(15-9-16-12)14-6-5-13-10-3-4-10/h8-10,13H,2-7H2,1H3,(H,14,15,16). The predicted molar refractivity (Wildman–Crippen MR) is 67.3 cm³/mol. The summed E-state index contributed by atoms with van der Waals surface area (Å²) < 4.78 is 5.44. The zero-order valence-electron chi connectivity index (χ0n) is 10.3. The van der Waals surface area contributed by atoms with E-state index < -0.39 is 0 Å². The number of hydrogen-bond donors (Lipinski definition) is 2. The third kappa shape index (κ3) is 4.56. The van der Waals surface area contributed by atoms with Crippen LogP contribution in [-0.4, -0.2) is 35.7 Å². The van der Waals surface area contributed by atoms with E-state index in [1.165, 1.54) is 19.2 Å². The van der Waals surface area contributed by atoms with Crippen molar-refractivity contribution in [3.8, 4) is 5.88 Å². The Kier molecular flexibility index (Phi) is 4.55. The zero-order valence-corrected chi connectivity index (χ0v) is 10.3. The predicted octanol–water partition coefficient (Wildman–Crippen LogP) is 1.43. The Balaban J connectivity index is 1.70. The van der Waals surface area contributed by atoms with E-state index in [4.69, 9.17) is 4.74 Å². The van der Waals surface area contributed by atoms with Gasteiger partial charge < -0.3 is 15.4 Å². The Labute approximate surface area is 102 Å². The molecule has 0 unspecified atom stereocenters. The van der Waals surface area contributed by atoms with E-state index in [0.29, 0.717) is 12.5 Å². The van der Waals surface area contributed by atoms with E-state index in [9.17, 15) is 0 Å². The molecule has 94 valence electrons. The minimum Gasteiger partial charge on any atom is -0.478 e. The van der Waals surface area contributed by atoms with Crippen molar-refractivity contribution < 1.29 is 4.74 Å². The topological polar surface area (TPSA) is 59.1 Å². The number of anilines is 1. The van der Waals surface area contributed by atoms with Gasteiger partial charge in [-0.3, -0.25) is 0 Å². The lowest BCUT2D eigenvalue weighted by atomic mass is 10.5. The van der Waals surface area contributed by atoms with Crippen molar-refractivity contribution in [3.05, 3.63) is 12.4 Å². The van der Waals surface area contributed by atoms with E-state index in [2.05, 4.69) is 27.5 Å². The SMILES string of the molecule is CCCOc1cc(NCCNC2CC2)ncn1. The fourth-order valence-electron chi connectivity index (χ4n) is 1.48. The van der Waals surface area contributed by atoms with Gasteiger partial charge in [-0.1, -0.05) is 6.92 Å². The molecular weight excluding hydrogens is 216 g/mol. The highest BCUT2D eigenvalue weighted by molar-refractivity contribution is 5.36. The Morgan fingerprint density at radius 3 is 3.00 bits per heavy atom. The zero-order chi connectivity index (χ0) is 11.9. The van der Waals surface area contributed by atoms with Crippen molar-refractivity contribution in [1.29, 1.82) is 0 Å². The van der Waals surface area contributed by atoms with E-state index in [1.807, 2.05) is 6.07 Å². The third-order valence-electron chi connectivity index (χ3n) is 2.54. The van der Waals surface area contributed by atoms with Gasteiger partial charge in [0.15, 0.2) is 0 Å². The first-order valence-corrected chi connectivity index (χ1v) is 6.30. The number of aromatic nitrogens is 2. The smallest absolute Gasteiger partial charge is 0.218 e. The van der Waals surface area contributed by atoms with Crippen molar-refractivity contribution >= 4 is 5.82 Å². The first-order chi connectivity index (χ1) is 8.38. The molecule has 1 heterocycles. The Bertz CT molecular complexity index is 341. The molecule has 1 aromatic rings. The van der Waals surface area contributed by atoms with Crippen LogP contribution in [0, 0.1) is 0 Å². The molecule has 1 aliphatic carbocycles. The summed E-state index contributed by atoms with van der Waals surface area (Å²) >= 11 is 0. The highest BCUT2D eigenvalue weighted by atomic mass is 16.5. The van der Waals surface area contributed by atoms with Gasteiger partial charge in [0.1, 0.15) is 12.1 Å². The molecule has 17 heavy (non-hydrogen) atoms. The fraction of sp³-hybridized carbons (Fsp3) is 0.667. The van der Waals surface area contributed by atoms with Gasteiger partial charge in [-0.05, 0) is 19.3 Å². The molecule has 1 fully saturated rings. The summed E-state index contributed by atoms with van der Waals surface area (Å²) in [5.74, 6) is 1.46. The third-order valence-corrected chi connectivity index (χ3v) is 2.54. The van der Waals surface area contributed by atoms with Crippen molar-refractivity contribution in [3.63, 3.8) is 0 Å². The van der Waals surface area contributed by atoms with E-state index in [1.54, 1.807) is 0 Å². The number of nitrogens with zero attached hydrogens (tertiary/aromatic N) is 2. The highest BCUT2D eigenvalue weighted by Gasteiger charge is 2.19. The average molecular weight is 236 g/mol. The summed E-state index contributed by atoms with van der Waals surface area (Å²) in [5, 5.41) is 6.69. The monoisotopic (exact) mass is 236 g/mol. The second-order valence-electron chi connectivity index (χ2n) is 4.25. The second-order valence-corrected chi connectivity index (χ2v) is 4.25. The molecule has 0 radical (unpaired) electrons. The van der Waals surface area contributed by atoms with Crippen LogP contribution >= 0.6 is 0 Å². The number of ether oxygens (including phenoxy) is 1. The van der Waals surface area contributed by atoms with Crippen LogP contribution in [0.2, 0.25) is 0 Å². The van der Waals surface area contributed by atoms with Gasteiger partial charge in [0.25, 0.3) is 0 Å². The highest BCUT2D eigenvalue weighted by Crippen LogP contribution is 2.18. The normalized spacial score (nSPS) is 14.6. The maximum absolute atomic E-state index is 5.44. The summed E-state index contributed by atoms with van der Waals surface area (Å²) in [6, 6.07) is 2.60. The van der Waals surface area contributed by atoms with E-state index in [0.717, 1.165) is 31.4 Å². The van der Waals surface area contributed by atoms with Crippen LogP contribution in [-0.2, 0) is 0 Å². The minimum absolute atomic E-state index is 0.638. The Hall–Kier alpha value is -1.36. The van der Waals surface area contributed by atoms with Gasteiger partial charge in [-0.15, -0.1) is 0 Å². The molecule has 2 rings (SSSR count). The second kappa shape index (κ2) is 6.39. The molecule has 0 bridgehead atoms. The van der Waals surface area contributed by atoms with Gasteiger partial charge in [-0.2, -0.15) is 0 Å². The molecule has 0 aliphatic heterocycles. The molecule has 1 saturated carbocycles. The summed E-state index contributed by atoms with van der Waals surface area (Å²) in [4.78, 5) is 8.20. The first-order valence-electron chi connectivity index (χ1n) is 6.30. The molecule has 5 nitrogen and oxygen atoms in total. The fourth-order valence-corrected chi connectivity index (χ4v) is 1.48. The molecule has 0 aromatic carbocycles. The number of nitrogens with one attached hydrogen (secondary N) is 2. The van der Waals surface area contributed by atoms with Gasteiger partial charge >= 0.3 is 0 Å². The molecular formula is C12H20N4O. The van der Waals surface area contributed by atoms with Crippen molar-refractivity contribution in [2.45, 2.75) is 32.2 Å². The van der Waals surface area contributed by atoms with Gasteiger partial charge in [0, 0.05) is 25.2 Å². The lowest BCUT2D eigenvalue weighted by molar-refractivity contribution is 0.305. The quantitative estimate of drug-likeness (QED) is 0.669. The summed E-state index contributed by atoms with van der Waals surface area (Å²) in [7, 11) is 0. The van der Waals surface area contributed by atoms with Crippen LogP contribution in [0.3, 0.4) is 0 Å². The molecule has 2 N–H and O–H groups in total. The minimum atomic E-state index is 0.638. The van der Waals surface area contributed by atoms with Crippen LogP contribution in [0.4, 0.5) is 5.82 Å². The number of rotatable bonds is 8. The summed E-state index contributed by atoms with van der Waals surface area (Å²) in [6.07, 6.45) is 5.16. The molecule has 0 saturated heterocycles. The summed E-state index contributed by atoms with van der Waals surface area (Å²) in [5.41, 5.74) is 0. The van der Waals surface area contributed by atoms with Gasteiger partial charge in [0.05, 0.1) is 6.61 Å². The maximum Gasteiger partial charge on any atom is 0.218 e. The molecule has 5 heteroatoms. The van der Waals surface area contributed by atoms with Crippen LogP contribution in [0.1, 0.15) is 26.2 Å². The Morgan fingerprint density at radius 1 is 1.35 bits per heavy atom. The van der Waals surface area contributed by atoms with Gasteiger partial charge in [-0.25, -0.2) is 9.97 Å².